The van der Waals surface area contributed by atoms with E-state index >= 15 is 0 Å². The van der Waals surface area contributed by atoms with Crippen LogP contribution in [0.4, 0.5) is 28.3 Å². The van der Waals surface area contributed by atoms with Gasteiger partial charge in [0, 0.05) is 76.0 Å². The number of azide groups is 1. The van der Waals surface area contributed by atoms with Crippen LogP contribution in [0.25, 0.3) is 32.8 Å². The summed E-state index contributed by atoms with van der Waals surface area (Å²) in [6.07, 6.45) is 6.00. The van der Waals surface area contributed by atoms with E-state index in [0.717, 1.165) is 39.1 Å². The van der Waals surface area contributed by atoms with Crippen molar-refractivity contribution >= 4 is 75.7 Å². The maximum atomic E-state index is 13.8. The Bertz CT molecular complexity index is 4610. The van der Waals surface area contributed by atoms with Crippen LogP contribution < -0.4 is 52.7 Å². The van der Waals surface area contributed by atoms with E-state index in [1.54, 1.807) is 6.21 Å². The van der Waals surface area contributed by atoms with Crippen LogP contribution in [0.5, 0.6) is 17.6 Å². The molecule has 0 fully saturated rings. The molecule has 0 saturated carbocycles. The molecule has 716 valence electrons. The number of nitrogens with zero attached hydrogens (tertiary/aromatic N) is 12. The fraction of sp³-hybridized carbons (Fsp3) is 0.570. The molecule has 12 N–H and O–H groups in total. The minimum atomic E-state index is -1.35. The molecule has 5 aromatic heterocycles. The molecule has 1 aliphatic heterocycles. The number of nitrogen functional groups attached to an aromatic ring is 3. The fourth-order valence-corrected chi connectivity index (χ4v) is 12.1. The van der Waals surface area contributed by atoms with E-state index < -0.39 is 11.6 Å². The monoisotopic (exact) mass is 1830 g/mol. The number of hydrogen-bond donors (Lipinski definition) is 9. The lowest BCUT2D eigenvalue weighted by atomic mass is 9.94. The normalized spacial score (nSPS) is 12.2. The van der Waals surface area contributed by atoms with Crippen LogP contribution in [0.1, 0.15) is 77.6 Å². The Morgan fingerprint density at radius 3 is 1.18 bits per heavy atom. The van der Waals surface area contributed by atoms with Gasteiger partial charge in [-0.05, 0) is 51.8 Å². The van der Waals surface area contributed by atoms with E-state index in [2.05, 4.69) is 86.1 Å². The van der Waals surface area contributed by atoms with Gasteiger partial charge in [-0.15, -0.1) is 0 Å². The average Bonchev–Trinajstić information content (AvgIpc) is 1.70. The number of imidazole rings is 2. The predicted octanol–water partition coefficient (Wildman–Crippen LogP) is 5.22. The zero-order valence-electron chi connectivity index (χ0n) is 74.0. The Morgan fingerprint density at radius 1 is 0.389 bits per heavy atom. The molecule has 8 aromatic rings. The molecule has 131 heavy (non-hydrogen) atoms. The highest BCUT2D eigenvalue weighted by Gasteiger charge is 2.34. The lowest BCUT2D eigenvalue weighted by Crippen LogP contribution is -2.58. The number of amides is 4. The number of fused-ring (bicyclic) bond motifs is 3. The quantitative estimate of drug-likeness (QED) is 0.0102. The van der Waals surface area contributed by atoms with Gasteiger partial charge in [0.2, 0.25) is 47.3 Å². The lowest BCUT2D eigenvalue weighted by Gasteiger charge is -2.34. The van der Waals surface area contributed by atoms with Crippen LogP contribution in [0.3, 0.4) is 0 Å². The second kappa shape index (κ2) is 63.8. The van der Waals surface area contributed by atoms with Gasteiger partial charge in [0.05, 0.1) is 242 Å². The van der Waals surface area contributed by atoms with Crippen molar-refractivity contribution in [1.82, 2.24) is 71.1 Å². The number of aliphatic imine (C=N–C) groups is 1. The molecule has 45 heteroatoms. The molecule has 1 atom stereocenters. The zero-order valence-corrected chi connectivity index (χ0v) is 74.0. The first-order valence-electron chi connectivity index (χ1n) is 43.5. The Morgan fingerprint density at radius 2 is 0.748 bits per heavy atom. The van der Waals surface area contributed by atoms with Crippen LogP contribution in [-0.4, -0.2) is 316 Å². The molecule has 1 unspecified atom stereocenters. The first kappa shape index (κ1) is 104. The third kappa shape index (κ3) is 43.6. The van der Waals surface area contributed by atoms with Gasteiger partial charge in [0.1, 0.15) is 31.3 Å². The number of nitrogens with one attached hydrogen (secondary N) is 6. The van der Waals surface area contributed by atoms with Crippen LogP contribution in [0, 0.1) is 0 Å². The van der Waals surface area contributed by atoms with Gasteiger partial charge in [-0.3, -0.25) is 19.4 Å². The summed E-state index contributed by atoms with van der Waals surface area (Å²) in [5.41, 5.74) is 33.7. The van der Waals surface area contributed by atoms with E-state index in [1.165, 1.54) is 12.7 Å². The smallest absolute Gasteiger partial charge is 0.315 e. The fourth-order valence-electron chi connectivity index (χ4n) is 12.1. The van der Waals surface area contributed by atoms with Crippen LogP contribution in [0.15, 0.2) is 95.6 Å². The molecule has 6 heterocycles. The van der Waals surface area contributed by atoms with Gasteiger partial charge >= 0.3 is 6.03 Å². The summed E-state index contributed by atoms with van der Waals surface area (Å²) in [4.78, 5) is 99.9. The molecule has 45 nitrogen and oxygen atoms in total. The molecule has 4 amide bonds. The highest BCUT2D eigenvalue weighted by atomic mass is 16.6. The number of aromatic nitrogens is 10. The predicted molar refractivity (Wildman–Crippen MR) is 475 cm³/mol. The van der Waals surface area contributed by atoms with E-state index in [4.69, 9.17) is 117 Å². The van der Waals surface area contributed by atoms with Gasteiger partial charge in [0.25, 0.3) is 0 Å². The summed E-state index contributed by atoms with van der Waals surface area (Å²) < 4.78 is 115. The van der Waals surface area contributed by atoms with E-state index in [0.29, 0.717) is 217 Å². The van der Waals surface area contributed by atoms with E-state index in [1.807, 2.05) is 72.8 Å². The van der Waals surface area contributed by atoms with Crippen molar-refractivity contribution < 1.29 is 114 Å². The first-order valence-corrected chi connectivity index (χ1v) is 43.5. The van der Waals surface area contributed by atoms with Crippen molar-refractivity contribution in [3.05, 3.63) is 135 Å². The SMILES string of the molecule is [N-]=[N+]=NCCOCCOCCOCCNC(=O)NC(CCC(=O)NCCOCCOCCOCCOCc1ccc(COc2nc(N)nc3[nH]cnc23)cc1)(COCCC(=O)CCCOCCOCCOCCOCc1ccc(COc2nc(N)nc3[nH]cnc23)cc1)COCCC(=O)NCCOCCOCCOCCOCc1ccc(COc2nc(N)nc3c2N=CC3)cc1. The number of anilines is 3. The van der Waals surface area contributed by atoms with Crippen molar-refractivity contribution in [2.75, 3.05) is 248 Å². The third-order valence-electron chi connectivity index (χ3n) is 18.8. The third-order valence-corrected chi connectivity index (χ3v) is 18.8. The molecule has 3 aromatic carbocycles. The van der Waals surface area contributed by atoms with Crippen LogP contribution >= 0.6 is 0 Å². The van der Waals surface area contributed by atoms with E-state index in [-0.39, 0.29) is 180 Å². The summed E-state index contributed by atoms with van der Waals surface area (Å²) in [5.74, 6) is 0.569. The maximum absolute atomic E-state index is 13.8. The number of urea groups is 1. The zero-order chi connectivity index (χ0) is 91.9. The summed E-state index contributed by atoms with van der Waals surface area (Å²) >= 11 is 0. The van der Waals surface area contributed by atoms with Gasteiger partial charge in [-0.1, -0.05) is 77.9 Å². The molecule has 0 spiro atoms. The number of carbonyl (C=O) groups excluding carboxylic acids is 4. The van der Waals surface area contributed by atoms with Crippen molar-refractivity contribution in [3.63, 3.8) is 0 Å². The number of nitrogens with two attached hydrogens (primary N) is 3. The summed E-state index contributed by atoms with van der Waals surface area (Å²) in [5, 5.41) is 14.9. The van der Waals surface area contributed by atoms with Crippen LogP contribution in [0.2, 0.25) is 0 Å². The van der Waals surface area contributed by atoms with Crippen molar-refractivity contribution in [3.8, 4) is 17.6 Å². The molecule has 0 aliphatic carbocycles. The summed E-state index contributed by atoms with van der Waals surface area (Å²) in [7, 11) is 0. The Labute approximate surface area is 758 Å². The molecule has 1 aliphatic rings. The maximum Gasteiger partial charge on any atom is 0.315 e. The van der Waals surface area contributed by atoms with Gasteiger partial charge in [-0.2, -0.15) is 24.9 Å². The number of H-pyrrole nitrogens is 2. The number of ether oxygens (including phenoxy) is 20. The topological polar surface area (TPSA) is 575 Å². The Balaban J connectivity index is 0.637. The first-order chi connectivity index (χ1) is 64.4. The number of ketones is 1. The van der Waals surface area contributed by atoms with Crippen LogP contribution in [-0.2, 0) is 141 Å². The highest BCUT2D eigenvalue weighted by Crippen LogP contribution is 2.33. The molecular weight excluding hydrogens is 1710 g/mol. The highest BCUT2D eigenvalue weighted by molar-refractivity contribution is 5.80. The van der Waals surface area contributed by atoms with Gasteiger partial charge < -0.3 is 143 Å². The number of rotatable bonds is 78. The lowest BCUT2D eigenvalue weighted by molar-refractivity contribution is -0.122. The second-order valence-corrected chi connectivity index (χ2v) is 29.1. The van der Waals surface area contributed by atoms with Crippen molar-refractivity contribution in [2.45, 2.75) is 90.1 Å². The number of aromatic amines is 2. The average molecular weight is 1840 g/mol. The Kier molecular flexibility index (Phi) is 50.4. The summed E-state index contributed by atoms with van der Waals surface area (Å²) in [6.45, 7) is 11.0. The minimum Gasteiger partial charge on any atom is -0.471 e. The molecule has 0 radical (unpaired) electrons. The molecule has 0 bridgehead atoms. The minimum absolute atomic E-state index is 0.0116. The molecular formula is C86H123N21O24. The molecule has 9 rings (SSSR count). The summed E-state index contributed by atoms with van der Waals surface area (Å²) in [6, 6.07) is 22.9. The standard InChI is InChI=1S/C86H123N21O24/c87-82-100-71-16-20-93-74(71)79(103-82)129-57-67-9-3-64(4-10-67)54-124-52-49-123-47-44-120-39-34-114-29-22-92-73(110)18-27-128-61-86(106-85(111)94-23-30-115-35-40-118-41-36-116-31-24-99-107-90,19-15-72(109)91-21-28-113-33-38-119-43-46-122-50-53-126-56-66-7-13-69(14-8-66)59-131-81-76-78(98-63-96-76)102-84(89)105-81)60-127-26-17-70(108)2-1-25-112-32-37-117-42-45-121-48-51-125-55-65-5-11-68(12-6-65)58-130-80-75-77(97-62-95-75)101-83(88)104-80/h3-14,20,62-63H,1-2,15-19,21-61H2,(H,91,109)(H,92,110)(H2,87,100,103)(H2,94,106,111)(H3,88,95,97,101,104)(H3,89,96,98,102,105). The Hall–Kier alpha value is -11.2. The van der Waals surface area contributed by atoms with Crippen molar-refractivity contribution in [2.24, 2.45) is 10.1 Å². The van der Waals surface area contributed by atoms with Gasteiger partial charge in [-0.25, -0.2) is 19.7 Å². The number of Topliss-reactive ketones (excluding diaryl/α,β-unsaturated/α-hetero) is 1. The number of carbonyl (C=O) groups is 4. The second-order valence-electron chi connectivity index (χ2n) is 29.1. The van der Waals surface area contributed by atoms with Gasteiger partial charge in [0.15, 0.2) is 22.3 Å². The number of benzene rings is 3. The largest absolute Gasteiger partial charge is 0.471 e. The van der Waals surface area contributed by atoms with Crippen molar-refractivity contribution in [1.29, 1.82) is 0 Å². The molecule has 0 saturated heterocycles. The number of hydrogen-bond acceptors (Lipinski definition) is 37. The van der Waals surface area contributed by atoms with E-state index in [9.17, 15) is 19.2 Å².